The second kappa shape index (κ2) is 8.44. The Morgan fingerprint density at radius 2 is 1.73 bits per heavy atom. The molecule has 2 amide bonds. The number of nitrogens with one attached hydrogen (secondary N) is 2. The lowest BCUT2D eigenvalue weighted by Gasteiger charge is -2.10. The maximum absolute atomic E-state index is 13.2. The third kappa shape index (κ3) is 4.61. The minimum Gasteiger partial charge on any atom is -0.487 e. The molecule has 2 aromatic heterocycles. The van der Waals surface area contributed by atoms with Crippen LogP contribution in [-0.2, 0) is 6.61 Å². The monoisotopic (exact) mass is 404 g/mol. The van der Waals surface area contributed by atoms with E-state index in [2.05, 4.69) is 15.6 Å². The van der Waals surface area contributed by atoms with Gasteiger partial charge < -0.3 is 15.4 Å². The summed E-state index contributed by atoms with van der Waals surface area (Å²) < 4.78 is 20.4. The van der Waals surface area contributed by atoms with Gasteiger partial charge in [0.25, 0.3) is 5.56 Å². The molecule has 0 saturated carbocycles. The summed E-state index contributed by atoms with van der Waals surface area (Å²) in [6, 6.07) is 18.6. The highest BCUT2D eigenvalue weighted by atomic mass is 19.1. The number of anilines is 2. The predicted molar refractivity (Wildman–Crippen MR) is 111 cm³/mol. The van der Waals surface area contributed by atoms with Gasteiger partial charge >= 0.3 is 6.03 Å². The summed E-state index contributed by atoms with van der Waals surface area (Å²) in [6.45, 7) is 0.0968. The number of halogens is 1. The van der Waals surface area contributed by atoms with E-state index in [1.54, 1.807) is 54.7 Å². The van der Waals surface area contributed by atoms with Crippen molar-refractivity contribution in [1.82, 2.24) is 9.38 Å². The lowest BCUT2D eigenvalue weighted by atomic mass is 10.3. The lowest BCUT2D eigenvalue weighted by molar-refractivity contribution is 0.262. The van der Waals surface area contributed by atoms with E-state index in [-0.39, 0.29) is 12.2 Å². The van der Waals surface area contributed by atoms with Crippen LogP contribution in [0.15, 0.2) is 83.8 Å². The van der Waals surface area contributed by atoms with Gasteiger partial charge in [0.15, 0.2) is 0 Å². The summed E-state index contributed by atoms with van der Waals surface area (Å²) in [5, 5.41) is 5.21. The molecule has 30 heavy (non-hydrogen) atoms. The van der Waals surface area contributed by atoms with Crippen molar-refractivity contribution >= 4 is 23.1 Å². The van der Waals surface area contributed by atoms with E-state index < -0.39 is 11.8 Å². The summed E-state index contributed by atoms with van der Waals surface area (Å²) in [5.74, 6) is 0.0544. The molecule has 2 heterocycles. The summed E-state index contributed by atoms with van der Waals surface area (Å²) in [6.07, 6.45) is 1.65. The molecule has 0 fully saturated rings. The van der Waals surface area contributed by atoms with E-state index in [9.17, 15) is 14.0 Å². The number of urea groups is 1. The minimum absolute atomic E-state index is 0.0968. The van der Waals surface area contributed by atoms with E-state index in [1.165, 1.54) is 28.7 Å². The van der Waals surface area contributed by atoms with Crippen molar-refractivity contribution in [1.29, 1.82) is 0 Å². The van der Waals surface area contributed by atoms with Crippen molar-refractivity contribution < 1.29 is 13.9 Å². The van der Waals surface area contributed by atoms with Crippen LogP contribution < -0.4 is 20.9 Å². The van der Waals surface area contributed by atoms with Crippen molar-refractivity contribution in [2.24, 2.45) is 0 Å². The van der Waals surface area contributed by atoms with E-state index in [0.717, 1.165) is 0 Å². The Labute approximate surface area is 170 Å². The van der Waals surface area contributed by atoms with Gasteiger partial charge in [-0.1, -0.05) is 18.2 Å². The fourth-order valence-electron chi connectivity index (χ4n) is 2.86. The van der Waals surface area contributed by atoms with Crippen LogP contribution in [0, 0.1) is 5.82 Å². The van der Waals surface area contributed by atoms with Crippen LogP contribution in [0.25, 0.3) is 5.65 Å². The normalized spacial score (nSPS) is 10.6. The number of fused-ring (bicyclic) bond motifs is 1. The average molecular weight is 404 g/mol. The smallest absolute Gasteiger partial charge is 0.323 e. The minimum atomic E-state index is -0.512. The van der Waals surface area contributed by atoms with Gasteiger partial charge in [-0.2, -0.15) is 0 Å². The first kappa shape index (κ1) is 19.1. The van der Waals surface area contributed by atoms with Gasteiger partial charge in [0.2, 0.25) is 0 Å². The molecule has 0 aliphatic rings. The zero-order valence-electron chi connectivity index (χ0n) is 15.7. The molecular formula is C22H17FN4O3. The number of benzene rings is 2. The number of carbonyl (C=O) groups is 1. The molecule has 0 atom stereocenters. The maximum Gasteiger partial charge on any atom is 0.323 e. The van der Waals surface area contributed by atoms with Crippen LogP contribution in [0.1, 0.15) is 5.69 Å². The third-order valence-electron chi connectivity index (χ3n) is 4.19. The van der Waals surface area contributed by atoms with Gasteiger partial charge in [0, 0.05) is 29.7 Å². The molecule has 0 radical (unpaired) electrons. The molecule has 8 heteroatoms. The van der Waals surface area contributed by atoms with Crippen LogP contribution in [0.2, 0.25) is 0 Å². The average Bonchev–Trinajstić information content (AvgIpc) is 2.72. The van der Waals surface area contributed by atoms with Crippen molar-refractivity contribution in [2.75, 3.05) is 10.6 Å². The second-order valence-corrected chi connectivity index (χ2v) is 6.42. The van der Waals surface area contributed by atoms with Gasteiger partial charge in [0.1, 0.15) is 23.8 Å². The first-order chi connectivity index (χ1) is 14.6. The number of hydrogen-bond donors (Lipinski definition) is 2. The molecule has 0 saturated heterocycles. The van der Waals surface area contributed by atoms with E-state index in [1.807, 2.05) is 0 Å². The van der Waals surface area contributed by atoms with Crippen LogP contribution in [0.5, 0.6) is 5.75 Å². The topological polar surface area (TPSA) is 84.7 Å². The SMILES string of the molecule is O=C(Nc1cccc(F)c1)Nc1cccc(OCc2cc(=O)n3ccccc3n2)c1. The summed E-state index contributed by atoms with van der Waals surface area (Å²) in [5.41, 5.74) is 1.67. The largest absolute Gasteiger partial charge is 0.487 e. The molecular weight excluding hydrogens is 387 g/mol. The number of amides is 2. The maximum atomic E-state index is 13.2. The van der Waals surface area contributed by atoms with Gasteiger partial charge in [-0.3, -0.25) is 9.20 Å². The molecule has 4 rings (SSSR count). The number of aromatic nitrogens is 2. The molecule has 150 valence electrons. The number of hydrogen-bond acceptors (Lipinski definition) is 4. The van der Waals surface area contributed by atoms with Crippen LogP contribution in [0.3, 0.4) is 0 Å². The number of ether oxygens (including phenoxy) is 1. The standard InChI is InChI=1S/C22H17FN4O3/c23-15-5-3-6-16(11-15)25-22(29)26-17-7-4-8-19(12-17)30-14-18-13-21(28)27-10-2-1-9-20(27)24-18/h1-13H,14H2,(H2,25,26,29). The molecule has 0 aliphatic carbocycles. The predicted octanol–water partition coefficient (Wildman–Crippen LogP) is 4.06. The molecule has 2 N–H and O–H groups in total. The highest BCUT2D eigenvalue weighted by Crippen LogP contribution is 2.19. The van der Waals surface area contributed by atoms with E-state index >= 15 is 0 Å². The Morgan fingerprint density at radius 1 is 0.967 bits per heavy atom. The Bertz CT molecular complexity index is 1270. The molecule has 2 aromatic carbocycles. The van der Waals surface area contributed by atoms with Crippen molar-refractivity contribution in [3.05, 3.63) is 101 Å². The first-order valence-corrected chi connectivity index (χ1v) is 9.10. The number of rotatable bonds is 5. The molecule has 7 nitrogen and oxygen atoms in total. The number of nitrogens with zero attached hydrogens (tertiary/aromatic N) is 2. The number of pyridine rings is 1. The van der Waals surface area contributed by atoms with Crippen molar-refractivity contribution in [3.8, 4) is 5.75 Å². The molecule has 0 bridgehead atoms. The van der Waals surface area contributed by atoms with Gasteiger partial charge in [0.05, 0.1) is 5.69 Å². The fourth-order valence-corrected chi connectivity index (χ4v) is 2.86. The highest BCUT2D eigenvalue weighted by Gasteiger charge is 2.06. The molecule has 0 spiro atoms. The van der Waals surface area contributed by atoms with Crippen LogP contribution >= 0.6 is 0 Å². The Hall–Kier alpha value is -4.20. The third-order valence-corrected chi connectivity index (χ3v) is 4.19. The Balaban J connectivity index is 1.41. The van der Waals surface area contributed by atoms with Crippen LogP contribution in [0.4, 0.5) is 20.6 Å². The quantitative estimate of drug-likeness (QED) is 0.525. The van der Waals surface area contributed by atoms with Crippen molar-refractivity contribution in [2.45, 2.75) is 6.61 Å². The Kier molecular flexibility index (Phi) is 5.38. The number of carbonyl (C=O) groups excluding carboxylic acids is 1. The summed E-state index contributed by atoms with van der Waals surface area (Å²) in [4.78, 5) is 28.7. The highest BCUT2D eigenvalue weighted by molar-refractivity contribution is 5.99. The Morgan fingerprint density at radius 3 is 2.53 bits per heavy atom. The summed E-state index contributed by atoms with van der Waals surface area (Å²) in [7, 11) is 0. The lowest BCUT2D eigenvalue weighted by Crippen LogP contribution is -2.19. The zero-order valence-corrected chi connectivity index (χ0v) is 15.7. The van der Waals surface area contributed by atoms with Crippen LogP contribution in [-0.4, -0.2) is 15.4 Å². The molecule has 4 aromatic rings. The van der Waals surface area contributed by atoms with Gasteiger partial charge in [-0.15, -0.1) is 0 Å². The molecule has 0 aliphatic heterocycles. The summed E-state index contributed by atoms with van der Waals surface area (Å²) >= 11 is 0. The van der Waals surface area contributed by atoms with Gasteiger partial charge in [-0.25, -0.2) is 14.2 Å². The fraction of sp³-hybridized carbons (Fsp3) is 0.0455. The molecule has 0 unspecified atom stereocenters. The second-order valence-electron chi connectivity index (χ2n) is 6.42. The van der Waals surface area contributed by atoms with E-state index in [0.29, 0.717) is 28.5 Å². The first-order valence-electron chi connectivity index (χ1n) is 9.10. The van der Waals surface area contributed by atoms with E-state index in [4.69, 9.17) is 4.74 Å². The van der Waals surface area contributed by atoms with Gasteiger partial charge in [-0.05, 0) is 42.5 Å². The van der Waals surface area contributed by atoms with Crippen molar-refractivity contribution in [3.63, 3.8) is 0 Å². The zero-order chi connectivity index (χ0) is 20.9.